The minimum atomic E-state index is -0.714. The van der Waals surface area contributed by atoms with Gasteiger partial charge >= 0.3 is 5.97 Å². The number of hydrogen-bond acceptors (Lipinski definition) is 24. The molecule has 0 amide bonds. The number of benzene rings is 9. The first-order valence-electron chi connectivity index (χ1n) is 50.5. The molecule has 764 valence electrons. The predicted octanol–water partition coefficient (Wildman–Crippen LogP) is 22.5. The number of imidazole rings is 4. The molecule has 16 heterocycles. The van der Waals surface area contributed by atoms with Gasteiger partial charge in [0.05, 0.1) is 166 Å². The summed E-state index contributed by atoms with van der Waals surface area (Å²) in [5.74, 6) is 1.02. The fourth-order valence-electron chi connectivity index (χ4n) is 21.2. The Hall–Kier alpha value is -13.0. The number of aromatic amines is 4. The maximum Gasteiger partial charge on any atom is 0.307 e. The van der Waals surface area contributed by atoms with Gasteiger partial charge < -0.3 is 96.3 Å². The van der Waals surface area contributed by atoms with Crippen LogP contribution in [0.1, 0.15) is 82.1 Å². The zero-order chi connectivity index (χ0) is 102. The quantitative estimate of drug-likeness (QED) is 0.0397. The number of fused-ring (bicyclic) bond motifs is 8. The number of likely N-dealkylation sites (N-methyl/N-ethyl adjacent to an activating group) is 1. The lowest BCUT2D eigenvalue weighted by Crippen LogP contribution is -2.33. The van der Waals surface area contributed by atoms with Gasteiger partial charge in [0.15, 0.2) is 41.4 Å². The van der Waals surface area contributed by atoms with Crippen molar-refractivity contribution in [3.05, 3.63) is 261 Å². The summed E-state index contributed by atoms with van der Waals surface area (Å²) >= 11 is 26.5. The van der Waals surface area contributed by atoms with Crippen LogP contribution >= 0.6 is 46.4 Å². The molecular formula is C115H108Cl4FN13O16. The zero-order valence-corrected chi connectivity index (χ0v) is 85.4. The number of nitrogens with one attached hydrogen (secondary N) is 4. The van der Waals surface area contributed by atoms with Crippen molar-refractivity contribution in [1.82, 2.24) is 59.7 Å². The molecule has 19 atom stereocenters. The van der Waals surface area contributed by atoms with E-state index in [0.29, 0.717) is 183 Å². The fraction of sp³-hybridized carbons (Fsp3) is 0.348. The number of H-pyrrole nitrogens is 4. The number of carbonyl (C=O) groups is 1. The van der Waals surface area contributed by atoms with Gasteiger partial charge in [-0.2, -0.15) is 25.2 Å². The molecule has 9 aromatic carbocycles. The monoisotopic (exact) mass is 2090 g/mol. The Bertz CT molecular complexity index is 7610. The van der Waals surface area contributed by atoms with Crippen molar-refractivity contribution in [1.29, 1.82) is 5.26 Å². The summed E-state index contributed by atoms with van der Waals surface area (Å²) in [6, 6.07) is 74.2. The topological polar surface area (TPSA) is 347 Å². The number of nitrogens with zero attached hydrogens (tertiary/aromatic N) is 9. The first kappa shape index (κ1) is 99.2. The number of carboxylic acids is 1. The summed E-state index contributed by atoms with van der Waals surface area (Å²) in [4.78, 5) is 58.4. The molecule has 34 heteroatoms. The van der Waals surface area contributed by atoms with E-state index < -0.39 is 11.8 Å². The molecule has 0 bridgehead atoms. The second kappa shape index (κ2) is 42.8. The molecule has 9 saturated heterocycles. The van der Waals surface area contributed by atoms with Gasteiger partial charge in [-0.3, -0.25) is 4.79 Å². The van der Waals surface area contributed by atoms with Crippen molar-refractivity contribution in [3.63, 3.8) is 0 Å². The van der Waals surface area contributed by atoms with E-state index in [1.54, 1.807) is 30.3 Å². The van der Waals surface area contributed by atoms with Crippen molar-refractivity contribution in [2.45, 2.75) is 139 Å². The molecule has 3 unspecified atom stereocenters. The number of aromatic nitrogens is 11. The molecule has 0 radical (unpaired) electrons. The van der Waals surface area contributed by atoms with Crippen LogP contribution < -0.4 is 23.7 Å². The third-order valence-corrected chi connectivity index (χ3v) is 30.7. The van der Waals surface area contributed by atoms with Crippen LogP contribution in [0.3, 0.4) is 0 Å². The van der Waals surface area contributed by atoms with Crippen molar-refractivity contribution in [2.75, 3.05) is 86.7 Å². The highest BCUT2D eigenvalue weighted by molar-refractivity contribution is 6.35. The third-order valence-electron chi connectivity index (χ3n) is 29.5. The van der Waals surface area contributed by atoms with Gasteiger partial charge in [-0.1, -0.05) is 238 Å². The normalized spacial score (nSPS) is 25.3. The van der Waals surface area contributed by atoms with Gasteiger partial charge in [0, 0.05) is 64.6 Å². The lowest BCUT2D eigenvalue weighted by atomic mass is 9.97. The van der Waals surface area contributed by atoms with Gasteiger partial charge in [0.2, 0.25) is 0 Å². The Kier molecular flexibility index (Phi) is 28.5. The summed E-state index contributed by atoms with van der Waals surface area (Å²) in [5, 5.41) is 20.3. The summed E-state index contributed by atoms with van der Waals surface area (Å²) in [5.41, 5.74) is 22.1. The number of nitriles is 1. The predicted molar refractivity (Wildman–Crippen MR) is 563 cm³/mol. The largest absolute Gasteiger partial charge is 0.492 e. The van der Waals surface area contributed by atoms with Gasteiger partial charge in [0.25, 0.3) is 24.0 Å². The van der Waals surface area contributed by atoms with Gasteiger partial charge in [-0.05, 0) is 156 Å². The van der Waals surface area contributed by atoms with Gasteiger partial charge in [0.1, 0.15) is 42.6 Å². The lowest BCUT2D eigenvalue weighted by molar-refractivity contribution is -0.138. The summed E-state index contributed by atoms with van der Waals surface area (Å²) in [6.07, 6.45) is 3.58. The Morgan fingerprint density at radius 2 is 0.758 bits per heavy atom. The molecule has 149 heavy (non-hydrogen) atoms. The number of halogens is 5. The van der Waals surface area contributed by atoms with Crippen LogP contribution in [0.5, 0.6) is 29.8 Å². The van der Waals surface area contributed by atoms with E-state index in [1.165, 1.54) is 30.0 Å². The molecule has 10 fully saturated rings. The molecule has 1 saturated carbocycles. The molecule has 5 N–H and O–H groups in total. The summed E-state index contributed by atoms with van der Waals surface area (Å²) < 4.78 is 97.5. The second-order valence-electron chi connectivity index (χ2n) is 40.2. The number of ether oxygens (including phenoxy) is 14. The molecular weight excluding hydrogens is 1980 g/mol. The van der Waals surface area contributed by atoms with Crippen LogP contribution in [0, 0.1) is 46.7 Å². The lowest BCUT2D eigenvalue weighted by Gasteiger charge is -2.23. The Morgan fingerprint density at radius 1 is 0.403 bits per heavy atom. The molecule has 0 spiro atoms. The van der Waals surface area contributed by atoms with Gasteiger partial charge in [-0.15, -0.1) is 0 Å². The number of hydrogen-bond donors (Lipinski definition) is 5. The molecule has 9 aliphatic heterocycles. The van der Waals surface area contributed by atoms with Crippen LogP contribution in [0.15, 0.2) is 218 Å². The van der Waals surface area contributed by atoms with Gasteiger partial charge in [-0.25, -0.2) is 19.3 Å². The number of carboxylic acid groups (broad SMARTS) is 1. The van der Waals surface area contributed by atoms with Crippen molar-refractivity contribution >= 4 is 96.9 Å². The molecule has 29 nitrogen and oxygen atoms in total. The fourth-order valence-corrected chi connectivity index (χ4v) is 22.3. The average Bonchev–Trinajstić information content (AvgIpc) is 1.66. The number of pyridine rings is 3. The van der Waals surface area contributed by atoms with Crippen LogP contribution in [0.2, 0.25) is 20.1 Å². The van der Waals surface area contributed by atoms with E-state index in [0.717, 1.165) is 109 Å². The van der Waals surface area contributed by atoms with Crippen molar-refractivity contribution in [3.8, 4) is 125 Å². The highest BCUT2D eigenvalue weighted by Gasteiger charge is 2.52. The van der Waals surface area contributed by atoms with Crippen LogP contribution in [-0.2, 0) is 47.4 Å². The van der Waals surface area contributed by atoms with E-state index in [2.05, 4.69) is 145 Å². The maximum atomic E-state index is 14.4. The molecule has 26 rings (SSSR count). The highest BCUT2D eigenvalue weighted by atomic mass is 35.5. The van der Waals surface area contributed by atoms with Crippen LogP contribution in [0.25, 0.3) is 134 Å². The number of rotatable bonds is 23. The van der Waals surface area contributed by atoms with Crippen molar-refractivity contribution < 1.29 is 80.6 Å². The zero-order valence-electron chi connectivity index (χ0n) is 82.3. The molecule has 1 aliphatic carbocycles. The molecule has 10 aliphatic rings. The minimum absolute atomic E-state index is 0.0456. The smallest absolute Gasteiger partial charge is 0.307 e. The van der Waals surface area contributed by atoms with E-state index in [1.807, 2.05) is 129 Å². The molecule has 16 aromatic rings. The van der Waals surface area contributed by atoms with E-state index >= 15 is 0 Å². The first-order chi connectivity index (χ1) is 72.5. The minimum Gasteiger partial charge on any atom is -0.492 e. The summed E-state index contributed by atoms with van der Waals surface area (Å²) in [7, 11) is 4.06. The Morgan fingerprint density at radius 3 is 1.13 bits per heavy atom. The van der Waals surface area contributed by atoms with Crippen LogP contribution in [-0.4, -0.2) is 231 Å². The van der Waals surface area contributed by atoms with Crippen LogP contribution in [0.4, 0.5) is 4.39 Å². The SMILES string of the molecule is C[C@@H]1CO[C@H]2[C@@H]1OC[C@H]2Oc1nc2cc(-c3ccc(-c4ccc(C5CCCCO5)cc4)cc3)c(Cl)cc2[nH]1.C[C@@H]1CO[C@H]2[C@@H]1OC[C@H]2Oc1nc2nc(-c3ccc(-c4ccc(C#N)cc4F)cc3)c(Cl)cc2[nH]1.C[C@@H]1CO[C@H]2[C@@H]1OC[C@H]2Oc1nc2nc(-c3ccc(-c4ccc(C5CC5C(=O)O)cc4)cc3)c(Cl)cc2[nH]1.C[C@@H]1CO[C@H]2[C@@H]1OC[C@H]2Oc1nc2nc(-c3ccc(-c4ccc(OCCN(C)C)cc4)cc3)c(Cl)cc2[nH]1. The first-order valence-corrected chi connectivity index (χ1v) is 52.0. The second-order valence-corrected chi connectivity index (χ2v) is 41.8. The highest BCUT2D eigenvalue weighted by Crippen LogP contribution is 2.49. The average molecular weight is 2090 g/mol. The maximum absolute atomic E-state index is 14.4. The standard InChI is InChI=1S/C31H31ClN2O4.C29H31ClN4O4.C29H26ClN3O5.C26H20ClFN4O3/c1-18-16-36-30-28(17-37-29(18)30)38-31-33-25-14-23(24(32)15-26(25)34-31)21-9-5-19(6-10-21)20-7-11-22(12-8-20)27-4-2-3-13-35-27;1-17-15-36-27-24(16-37-26(17)27)38-29-31-23-14-22(30)25(32-28(23)33-29)20-6-4-18(5-7-20)19-8-10-21(11-9-19)35-13-12-34(2)3;1-14-12-36-26-23(13-37-25(14)26)38-29-31-22-11-21(30)24(32-27(22)33-29)18-8-4-16(5-9-18)15-2-6-17(7-3-15)19-10-20(19)28(34)35;1-13-11-33-24-21(12-34-23(13)24)35-26-30-20-9-18(27)22(31-25(20)32-26)16-5-3-15(4-6-16)17-7-2-14(10-29)8-19(17)28/h5-12,14-15,18,27-30H,2-4,13,16-17H2,1H3,(H,33,34);4-11,14,17,24,26-27H,12-13,15-16H2,1-3H3,(H,31,32,33);2-9,11,14,19-20,23,25-26H,10,12-13H2,1H3,(H,34,35)(H,31,32,33);2-9,13,21,23-24H,11-12H2,1H3,(H,30,31,32)/t18-,27?,28-,29-,30-;17-,24-,26-,27-;14-,19?,20?,23-,25-,26-;13-,21-,23-,24-/m1111/s1. The van der Waals surface area contributed by atoms with Crippen molar-refractivity contribution in [2.24, 2.45) is 29.6 Å². The third kappa shape index (κ3) is 21.1. The van der Waals surface area contributed by atoms with E-state index in [4.69, 9.17) is 133 Å². The van der Waals surface area contributed by atoms with E-state index in [-0.39, 0.29) is 96.8 Å². The number of aliphatic carboxylic acids is 1. The Balaban J connectivity index is 0.000000109. The van der Waals surface area contributed by atoms with E-state index in [9.17, 15) is 14.3 Å². The summed E-state index contributed by atoms with van der Waals surface area (Å²) in [6.45, 7) is 15.5. The molecule has 7 aromatic heterocycles. The Labute approximate surface area is 878 Å².